The highest BCUT2D eigenvalue weighted by Crippen LogP contribution is 2.24. The van der Waals surface area contributed by atoms with E-state index in [0.29, 0.717) is 11.3 Å². The van der Waals surface area contributed by atoms with E-state index in [2.05, 4.69) is 15.4 Å². The van der Waals surface area contributed by atoms with Gasteiger partial charge in [0.05, 0.1) is 12.4 Å². The fourth-order valence-electron chi connectivity index (χ4n) is 2.63. The molecule has 0 saturated carbocycles. The summed E-state index contributed by atoms with van der Waals surface area (Å²) < 4.78 is 45.4. The molecule has 0 spiro atoms. The molecule has 3 rings (SSSR count). The van der Waals surface area contributed by atoms with Crippen molar-refractivity contribution in [3.05, 3.63) is 72.5 Å². The highest BCUT2D eigenvalue weighted by molar-refractivity contribution is 6.39. The number of rotatable bonds is 6. The lowest BCUT2D eigenvalue weighted by atomic mass is 10.1. The predicted molar refractivity (Wildman–Crippen MR) is 104 cm³/mol. The van der Waals surface area contributed by atoms with Crippen LogP contribution in [0.2, 0.25) is 0 Å². The van der Waals surface area contributed by atoms with Gasteiger partial charge in [-0.15, -0.1) is 13.2 Å². The maximum Gasteiger partial charge on any atom is 0.573 e. The van der Waals surface area contributed by atoms with Gasteiger partial charge < -0.3 is 24.9 Å². The van der Waals surface area contributed by atoms with E-state index >= 15 is 0 Å². The van der Waals surface area contributed by atoms with Gasteiger partial charge in [-0.2, -0.15) is 0 Å². The van der Waals surface area contributed by atoms with Gasteiger partial charge in [0.1, 0.15) is 11.5 Å². The molecule has 0 radical (unpaired) electrons. The minimum atomic E-state index is -4.83. The van der Waals surface area contributed by atoms with Crippen molar-refractivity contribution in [2.45, 2.75) is 12.5 Å². The summed E-state index contributed by atoms with van der Waals surface area (Å²) in [5.41, 5.74) is 1.44. The lowest BCUT2D eigenvalue weighted by Gasteiger charge is -2.13. The Labute approximate surface area is 174 Å². The van der Waals surface area contributed by atoms with Crippen LogP contribution in [-0.2, 0) is 9.59 Å². The Morgan fingerprint density at radius 3 is 2.26 bits per heavy atom. The SMILES string of the molecule is O=C(NC[C@@H](O)c1ccc(-c2ccco2)cc1)C(=O)Nc1ccc(OC(F)(F)F)cc1. The van der Waals surface area contributed by atoms with Crippen LogP contribution in [0.3, 0.4) is 0 Å². The van der Waals surface area contributed by atoms with Gasteiger partial charge in [-0.1, -0.05) is 24.3 Å². The maximum atomic E-state index is 12.1. The smallest absolute Gasteiger partial charge is 0.464 e. The summed E-state index contributed by atoms with van der Waals surface area (Å²) in [5, 5.41) is 14.7. The fraction of sp³-hybridized carbons (Fsp3) is 0.143. The summed E-state index contributed by atoms with van der Waals surface area (Å²) in [6.45, 7) is -0.218. The standard InChI is InChI=1S/C21H17F3N2O5/c22-21(23,24)31-16-9-7-15(8-10-16)26-20(29)19(28)25-12-17(27)13-3-5-14(6-4-13)18-2-1-11-30-18/h1-11,17,27H,12H2,(H,25,28)(H,26,29)/t17-/m1/s1. The second-order valence-corrected chi connectivity index (χ2v) is 6.35. The highest BCUT2D eigenvalue weighted by Gasteiger charge is 2.31. The molecule has 0 fully saturated rings. The van der Waals surface area contributed by atoms with Crippen LogP contribution in [-0.4, -0.2) is 29.8 Å². The third kappa shape index (κ3) is 6.34. The van der Waals surface area contributed by atoms with Crippen LogP contribution >= 0.6 is 0 Å². The molecular formula is C21H17F3N2O5. The molecule has 10 heteroatoms. The van der Waals surface area contributed by atoms with Crippen molar-refractivity contribution in [1.29, 1.82) is 0 Å². The van der Waals surface area contributed by atoms with Gasteiger partial charge in [-0.25, -0.2) is 0 Å². The van der Waals surface area contributed by atoms with Crippen molar-refractivity contribution in [1.82, 2.24) is 5.32 Å². The summed E-state index contributed by atoms with van der Waals surface area (Å²) in [6.07, 6.45) is -4.34. The summed E-state index contributed by atoms with van der Waals surface area (Å²) in [6, 6.07) is 14.7. The Kier molecular flexibility index (Phi) is 6.61. The summed E-state index contributed by atoms with van der Waals surface area (Å²) in [5.74, 6) is -1.84. The number of benzene rings is 2. The number of carbonyl (C=O) groups excluding carboxylic acids is 2. The van der Waals surface area contributed by atoms with E-state index in [4.69, 9.17) is 4.42 Å². The number of hydrogen-bond acceptors (Lipinski definition) is 5. The molecule has 0 aliphatic carbocycles. The second-order valence-electron chi connectivity index (χ2n) is 6.35. The molecule has 3 aromatic rings. The lowest BCUT2D eigenvalue weighted by molar-refractivity contribution is -0.274. The van der Waals surface area contributed by atoms with E-state index in [1.54, 1.807) is 42.7 Å². The molecule has 7 nitrogen and oxygen atoms in total. The average molecular weight is 434 g/mol. The van der Waals surface area contributed by atoms with E-state index in [0.717, 1.165) is 29.8 Å². The molecule has 2 amide bonds. The van der Waals surface area contributed by atoms with E-state index in [1.807, 2.05) is 0 Å². The Morgan fingerprint density at radius 1 is 1.00 bits per heavy atom. The number of halogens is 3. The van der Waals surface area contributed by atoms with Crippen molar-refractivity contribution in [3.63, 3.8) is 0 Å². The number of carbonyl (C=O) groups is 2. The Balaban J connectivity index is 1.49. The third-order valence-electron chi connectivity index (χ3n) is 4.11. The van der Waals surface area contributed by atoms with Crippen molar-refractivity contribution >= 4 is 17.5 Å². The molecule has 1 aromatic heterocycles. The monoisotopic (exact) mass is 434 g/mol. The van der Waals surface area contributed by atoms with E-state index in [9.17, 15) is 27.9 Å². The molecule has 3 N–H and O–H groups in total. The molecule has 0 aliphatic heterocycles. The first-order chi connectivity index (χ1) is 14.7. The van der Waals surface area contributed by atoms with Crippen molar-refractivity contribution in [3.8, 4) is 17.1 Å². The zero-order chi connectivity index (χ0) is 22.4. The number of hydrogen-bond donors (Lipinski definition) is 3. The highest BCUT2D eigenvalue weighted by atomic mass is 19.4. The number of furan rings is 1. The van der Waals surface area contributed by atoms with Crippen LogP contribution in [0.4, 0.5) is 18.9 Å². The average Bonchev–Trinajstić information content (AvgIpc) is 3.27. The summed E-state index contributed by atoms with van der Waals surface area (Å²) >= 11 is 0. The number of anilines is 1. The van der Waals surface area contributed by atoms with Crippen molar-refractivity contribution in [2.75, 3.05) is 11.9 Å². The van der Waals surface area contributed by atoms with Crippen LogP contribution in [0.5, 0.6) is 5.75 Å². The van der Waals surface area contributed by atoms with Crippen LogP contribution in [0, 0.1) is 0 Å². The molecule has 31 heavy (non-hydrogen) atoms. The normalized spacial score (nSPS) is 12.1. The van der Waals surface area contributed by atoms with Crippen molar-refractivity contribution in [2.24, 2.45) is 0 Å². The van der Waals surface area contributed by atoms with E-state index in [1.165, 1.54) is 0 Å². The number of ether oxygens (including phenoxy) is 1. The zero-order valence-corrected chi connectivity index (χ0v) is 15.8. The quantitative estimate of drug-likeness (QED) is 0.515. The molecule has 1 atom stereocenters. The Bertz CT molecular complexity index is 1020. The molecular weight excluding hydrogens is 417 g/mol. The molecule has 162 valence electrons. The number of amides is 2. The van der Waals surface area contributed by atoms with Gasteiger partial charge in [0.2, 0.25) is 0 Å². The molecule has 0 bridgehead atoms. The third-order valence-corrected chi connectivity index (χ3v) is 4.11. The zero-order valence-electron chi connectivity index (χ0n) is 15.8. The first kappa shape index (κ1) is 21.9. The number of alkyl halides is 3. The first-order valence-electron chi connectivity index (χ1n) is 8.98. The summed E-state index contributed by atoms with van der Waals surface area (Å²) in [4.78, 5) is 23.9. The van der Waals surface area contributed by atoms with Gasteiger partial charge in [0.25, 0.3) is 0 Å². The lowest BCUT2D eigenvalue weighted by Crippen LogP contribution is -2.37. The number of nitrogens with one attached hydrogen (secondary N) is 2. The topological polar surface area (TPSA) is 101 Å². The second kappa shape index (κ2) is 9.35. The molecule has 0 saturated heterocycles. The largest absolute Gasteiger partial charge is 0.573 e. The van der Waals surface area contributed by atoms with E-state index < -0.39 is 30.0 Å². The minimum absolute atomic E-state index is 0.101. The summed E-state index contributed by atoms with van der Waals surface area (Å²) in [7, 11) is 0. The number of aliphatic hydroxyl groups excluding tert-OH is 1. The van der Waals surface area contributed by atoms with Crippen LogP contribution in [0.1, 0.15) is 11.7 Å². The fourth-order valence-corrected chi connectivity index (χ4v) is 2.63. The van der Waals surface area contributed by atoms with Gasteiger partial charge in [0, 0.05) is 17.8 Å². The van der Waals surface area contributed by atoms with Crippen LogP contribution in [0.25, 0.3) is 11.3 Å². The van der Waals surface area contributed by atoms with Gasteiger partial charge in [0.15, 0.2) is 0 Å². The minimum Gasteiger partial charge on any atom is -0.464 e. The van der Waals surface area contributed by atoms with E-state index in [-0.39, 0.29) is 12.2 Å². The van der Waals surface area contributed by atoms with Crippen molar-refractivity contribution < 1.29 is 37.0 Å². The van der Waals surface area contributed by atoms with Crippen LogP contribution < -0.4 is 15.4 Å². The maximum absolute atomic E-state index is 12.1. The van der Waals surface area contributed by atoms with Gasteiger partial charge in [-0.3, -0.25) is 9.59 Å². The Morgan fingerprint density at radius 2 is 1.68 bits per heavy atom. The molecule has 0 aliphatic rings. The number of aliphatic hydroxyl groups is 1. The molecule has 1 heterocycles. The van der Waals surface area contributed by atoms with Gasteiger partial charge in [-0.05, 0) is 42.0 Å². The van der Waals surface area contributed by atoms with Gasteiger partial charge >= 0.3 is 18.2 Å². The van der Waals surface area contributed by atoms with Crippen LogP contribution in [0.15, 0.2) is 71.3 Å². The molecule has 2 aromatic carbocycles. The Hall–Kier alpha value is -3.79. The first-order valence-corrected chi connectivity index (χ1v) is 8.98. The predicted octanol–water partition coefficient (Wildman–Crippen LogP) is 3.63. The molecule has 0 unspecified atom stereocenters.